The first-order chi connectivity index (χ1) is 19.3. The van der Waals surface area contributed by atoms with E-state index in [0.717, 1.165) is 16.7 Å². The third kappa shape index (κ3) is 6.43. The van der Waals surface area contributed by atoms with Crippen LogP contribution in [0.15, 0.2) is 53.4 Å². The molecule has 2 aliphatic heterocycles. The lowest BCUT2D eigenvalue weighted by atomic mass is 9.95. The van der Waals surface area contributed by atoms with Gasteiger partial charge in [0.1, 0.15) is 11.7 Å². The molecule has 0 radical (unpaired) electrons. The van der Waals surface area contributed by atoms with Crippen molar-refractivity contribution < 1.29 is 27.5 Å². The largest absolute Gasteiger partial charge is 0.472 e. The Morgan fingerprint density at radius 2 is 1.76 bits per heavy atom. The number of likely N-dealkylation sites (tertiary alicyclic amines) is 1. The summed E-state index contributed by atoms with van der Waals surface area (Å²) in [5.74, 6) is -1.08. The predicted molar refractivity (Wildman–Crippen MR) is 153 cm³/mol. The van der Waals surface area contributed by atoms with Crippen molar-refractivity contribution in [3.8, 4) is 17.1 Å². The van der Waals surface area contributed by atoms with Gasteiger partial charge in [0.2, 0.25) is 17.7 Å². The second-order valence-corrected chi connectivity index (χ2v) is 13.0. The summed E-state index contributed by atoms with van der Waals surface area (Å²) >= 11 is 0. The van der Waals surface area contributed by atoms with Crippen LogP contribution in [0.4, 0.5) is 16.4 Å². The number of fused-ring (bicyclic) bond motifs is 6. The number of amides is 2. The molecule has 2 N–H and O–H groups in total. The van der Waals surface area contributed by atoms with Gasteiger partial charge in [-0.05, 0) is 70.4 Å². The van der Waals surface area contributed by atoms with Gasteiger partial charge < -0.3 is 19.7 Å². The Labute approximate surface area is 239 Å². The van der Waals surface area contributed by atoms with Crippen molar-refractivity contribution in [1.29, 1.82) is 0 Å². The fourth-order valence-corrected chi connectivity index (χ4v) is 6.01. The zero-order valence-corrected chi connectivity index (χ0v) is 24.4. The average Bonchev–Trinajstić information content (AvgIpc) is 2.87. The van der Waals surface area contributed by atoms with Gasteiger partial charge in [0.15, 0.2) is 0 Å². The van der Waals surface area contributed by atoms with E-state index in [2.05, 4.69) is 20.0 Å². The van der Waals surface area contributed by atoms with Gasteiger partial charge >= 0.3 is 6.09 Å². The summed E-state index contributed by atoms with van der Waals surface area (Å²) in [7, 11) is -4.11. The lowest BCUT2D eigenvalue weighted by Gasteiger charge is -2.37. The standard InChI is InChI=1S/C29H33N5O6S/c1-17-8-6-9-18(2)25(17)23-14-24-32-27(31-23)33-41(37,38)22-11-7-10-20(13-22)30-26(35)19-12-21(39-24)16-34(15-19)28(36)40-29(3,4)5/h6-11,13-14,19,21H,12,15-16H2,1-5H3,(H,30,35)(H,31,32,33). The van der Waals surface area contributed by atoms with Gasteiger partial charge in [-0.15, -0.1) is 0 Å². The molecule has 1 fully saturated rings. The number of aryl methyl sites for hydroxylation is 2. The van der Waals surface area contributed by atoms with E-state index < -0.39 is 33.7 Å². The highest BCUT2D eigenvalue weighted by molar-refractivity contribution is 7.92. The number of hydrogen-bond acceptors (Lipinski definition) is 8. The van der Waals surface area contributed by atoms with E-state index >= 15 is 0 Å². The maximum absolute atomic E-state index is 13.4. The lowest BCUT2D eigenvalue weighted by Crippen LogP contribution is -2.52. The molecule has 3 aromatic rings. The fraction of sp³-hybridized carbons (Fsp3) is 0.379. The number of sulfonamides is 1. The SMILES string of the molecule is Cc1cccc(C)c1-c1cc2nc(n1)NS(=O)(=O)c1cccc(c1)NC(=O)C1CC(CN(C(=O)OC(C)(C)C)C1)O2. The first kappa shape index (κ1) is 28.3. The maximum atomic E-state index is 13.4. The number of aromatic nitrogens is 2. The number of carbonyl (C=O) groups excluding carboxylic acids is 2. The number of carbonyl (C=O) groups is 2. The molecule has 6 bridgehead atoms. The van der Waals surface area contributed by atoms with Crippen LogP contribution in [0.25, 0.3) is 11.3 Å². The highest BCUT2D eigenvalue weighted by Crippen LogP contribution is 2.32. The van der Waals surface area contributed by atoms with Crippen molar-refractivity contribution in [1.82, 2.24) is 14.9 Å². The van der Waals surface area contributed by atoms with Crippen LogP contribution in [-0.2, 0) is 19.6 Å². The molecule has 2 aliphatic rings. The highest BCUT2D eigenvalue weighted by atomic mass is 32.2. The van der Waals surface area contributed by atoms with Gasteiger partial charge in [-0.25, -0.2) is 22.9 Å². The molecule has 0 spiro atoms. The Morgan fingerprint density at radius 1 is 1.05 bits per heavy atom. The zero-order chi connectivity index (χ0) is 29.5. The number of benzene rings is 2. The summed E-state index contributed by atoms with van der Waals surface area (Å²) in [6.07, 6.45) is -0.889. The van der Waals surface area contributed by atoms with Crippen molar-refractivity contribution in [3.63, 3.8) is 0 Å². The normalized spacial score (nSPS) is 20.1. The first-order valence-corrected chi connectivity index (χ1v) is 14.8. The van der Waals surface area contributed by atoms with Crippen LogP contribution < -0.4 is 14.8 Å². The Morgan fingerprint density at radius 3 is 2.46 bits per heavy atom. The molecule has 1 saturated heterocycles. The number of anilines is 2. The Balaban J connectivity index is 1.62. The van der Waals surface area contributed by atoms with E-state index in [1.807, 2.05) is 32.0 Å². The summed E-state index contributed by atoms with van der Waals surface area (Å²) in [6.45, 7) is 9.47. The van der Waals surface area contributed by atoms with Gasteiger partial charge in [0, 0.05) is 23.9 Å². The van der Waals surface area contributed by atoms with Gasteiger partial charge in [-0.2, -0.15) is 4.98 Å². The number of rotatable bonds is 1. The minimum Gasteiger partial charge on any atom is -0.472 e. The number of hydrogen-bond donors (Lipinski definition) is 2. The summed E-state index contributed by atoms with van der Waals surface area (Å²) < 4.78 is 41.0. The minimum absolute atomic E-state index is 0.0761. The highest BCUT2D eigenvalue weighted by Gasteiger charge is 2.37. The van der Waals surface area contributed by atoms with Crippen LogP contribution in [-0.4, -0.2) is 60.1 Å². The molecule has 3 heterocycles. The molecular weight excluding hydrogens is 546 g/mol. The van der Waals surface area contributed by atoms with Gasteiger partial charge in [-0.3, -0.25) is 4.79 Å². The second-order valence-electron chi connectivity index (χ2n) is 11.4. The van der Waals surface area contributed by atoms with Crippen molar-refractivity contribution >= 4 is 33.7 Å². The molecule has 216 valence electrons. The quantitative estimate of drug-likeness (QED) is 0.429. The number of nitrogens with one attached hydrogen (secondary N) is 2. The van der Waals surface area contributed by atoms with E-state index in [4.69, 9.17) is 9.47 Å². The number of piperidine rings is 1. The smallest absolute Gasteiger partial charge is 0.410 e. The summed E-state index contributed by atoms with van der Waals surface area (Å²) in [5, 5.41) is 2.79. The molecular formula is C29H33N5O6S. The fourth-order valence-electron chi connectivity index (χ4n) is 5.02. The maximum Gasteiger partial charge on any atom is 0.410 e. The number of ether oxygens (including phenoxy) is 2. The van der Waals surface area contributed by atoms with E-state index in [-0.39, 0.29) is 35.7 Å². The lowest BCUT2D eigenvalue weighted by molar-refractivity contribution is -0.122. The number of nitrogens with zero attached hydrogens (tertiary/aromatic N) is 3. The molecule has 41 heavy (non-hydrogen) atoms. The van der Waals surface area contributed by atoms with Gasteiger partial charge in [-0.1, -0.05) is 24.3 Å². The molecule has 2 aromatic carbocycles. The molecule has 2 unspecified atom stereocenters. The van der Waals surface area contributed by atoms with Crippen LogP contribution in [0, 0.1) is 19.8 Å². The third-order valence-corrected chi connectivity index (χ3v) is 8.13. The van der Waals surface area contributed by atoms with Crippen LogP contribution >= 0.6 is 0 Å². The molecule has 2 amide bonds. The second kappa shape index (κ2) is 10.7. The predicted octanol–water partition coefficient (Wildman–Crippen LogP) is 4.52. The van der Waals surface area contributed by atoms with Crippen molar-refractivity contribution in [2.24, 2.45) is 5.92 Å². The van der Waals surface area contributed by atoms with Crippen LogP contribution in [0.2, 0.25) is 0 Å². The van der Waals surface area contributed by atoms with Crippen LogP contribution in [0.3, 0.4) is 0 Å². The molecule has 1 aromatic heterocycles. The van der Waals surface area contributed by atoms with Crippen LogP contribution in [0.5, 0.6) is 5.88 Å². The molecule has 0 aliphatic carbocycles. The summed E-state index contributed by atoms with van der Waals surface area (Å²) in [4.78, 5) is 36.7. The van der Waals surface area contributed by atoms with E-state index in [9.17, 15) is 18.0 Å². The molecule has 0 saturated carbocycles. The van der Waals surface area contributed by atoms with E-state index in [1.165, 1.54) is 23.1 Å². The van der Waals surface area contributed by atoms with Crippen LogP contribution in [0.1, 0.15) is 38.3 Å². The molecule has 11 nitrogen and oxygen atoms in total. The molecule has 2 atom stereocenters. The van der Waals surface area contributed by atoms with Crippen molar-refractivity contribution in [2.45, 2.75) is 57.6 Å². The third-order valence-electron chi connectivity index (χ3n) is 6.80. The van der Waals surface area contributed by atoms with Gasteiger partial charge in [0.05, 0.1) is 23.1 Å². The minimum atomic E-state index is -4.11. The average molecular weight is 580 g/mol. The van der Waals surface area contributed by atoms with Crippen molar-refractivity contribution in [3.05, 3.63) is 59.7 Å². The van der Waals surface area contributed by atoms with E-state index in [1.54, 1.807) is 32.9 Å². The van der Waals surface area contributed by atoms with E-state index in [0.29, 0.717) is 17.8 Å². The Bertz CT molecular complexity index is 1600. The zero-order valence-electron chi connectivity index (χ0n) is 23.6. The Kier molecular flexibility index (Phi) is 7.37. The monoisotopic (exact) mass is 579 g/mol. The molecule has 12 heteroatoms. The first-order valence-electron chi connectivity index (χ1n) is 13.3. The Hall–Kier alpha value is -4.19. The summed E-state index contributed by atoms with van der Waals surface area (Å²) in [6, 6.07) is 13.4. The van der Waals surface area contributed by atoms with Crippen molar-refractivity contribution in [2.75, 3.05) is 23.1 Å². The van der Waals surface area contributed by atoms with Gasteiger partial charge in [0.25, 0.3) is 10.0 Å². The molecule has 5 rings (SSSR count). The summed E-state index contributed by atoms with van der Waals surface area (Å²) in [5.41, 5.74) is 2.75. The topological polar surface area (TPSA) is 140 Å².